The number of hydrogen-bond donors (Lipinski definition) is 2. The van der Waals surface area contributed by atoms with Crippen LogP contribution in [0.25, 0.3) is 0 Å². The number of hydrogen-bond acceptors (Lipinski definition) is 6. The predicted molar refractivity (Wildman–Crippen MR) is 116 cm³/mol. The van der Waals surface area contributed by atoms with Crippen molar-refractivity contribution in [2.75, 3.05) is 38.0 Å². The Hall–Kier alpha value is -2.45. The Bertz CT molecular complexity index is 823. The van der Waals surface area contributed by atoms with E-state index in [1.54, 1.807) is 5.38 Å². The molecule has 156 valence electrons. The van der Waals surface area contributed by atoms with Crippen LogP contribution in [0.5, 0.6) is 0 Å². The van der Waals surface area contributed by atoms with E-state index in [2.05, 4.69) is 20.5 Å². The third-order valence-electron chi connectivity index (χ3n) is 4.55. The largest absolute Gasteiger partial charge is 0.357 e. The molecule has 0 aliphatic carbocycles. The number of piperazine rings is 1. The third-order valence-corrected chi connectivity index (χ3v) is 5.35. The fourth-order valence-electron chi connectivity index (χ4n) is 3.16. The molecule has 0 bridgehead atoms. The van der Waals surface area contributed by atoms with E-state index < -0.39 is 0 Å². The van der Waals surface area contributed by atoms with Gasteiger partial charge in [0.05, 0.1) is 6.54 Å². The van der Waals surface area contributed by atoms with Crippen molar-refractivity contribution in [2.45, 2.75) is 32.9 Å². The van der Waals surface area contributed by atoms with Crippen molar-refractivity contribution in [3.05, 3.63) is 47.0 Å². The highest BCUT2D eigenvalue weighted by Crippen LogP contribution is 2.18. The minimum atomic E-state index is -0.230. The Balaban J connectivity index is 1.46. The zero-order valence-corrected chi connectivity index (χ0v) is 18.1. The first kappa shape index (κ1) is 21.3. The number of carbonyl (C=O) groups is 2. The molecule has 2 heterocycles. The standard InChI is InChI=1S/C21H29N5O2S/c1-21(2,3)24-18(27)14-25-9-11-26(12-10-25)19(28)17-15-29-20(23-17)22-13-16-7-5-4-6-8-16/h4-8,15H,9-14H2,1-3H3,(H,22,23)(H,24,27). The van der Waals surface area contributed by atoms with Crippen LogP contribution >= 0.6 is 11.3 Å². The first-order valence-electron chi connectivity index (χ1n) is 9.86. The van der Waals surface area contributed by atoms with E-state index in [-0.39, 0.29) is 17.4 Å². The number of thiazole rings is 1. The third kappa shape index (κ3) is 6.54. The van der Waals surface area contributed by atoms with Crippen LogP contribution in [0.3, 0.4) is 0 Å². The van der Waals surface area contributed by atoms with Crippen LogP contribution in [0.1, 0.15) is 36.8 Å². The van der Waals surface area contributed by atoms with Crippen molar-refractivity contribution in [3.63, 3.8) is 0 Å². The van der Waals surface area contributed by atoms with Crippen LogP contribution < -0.4 is 10.6 Å². The zero-order valence-electron chi connectivity index (χ0n) is 17.3. The number of benzene rings is 1. The molecule has 1 aromatic carbocycles. The average molecular weight is 416 g/mol. The number of rotatable bonds is 6. The van der Waals surface area contributed by atoms with Crippen molar-refractivity contribution >= 4 is 28.3 Å². The first-order valence-corrected chi connectivity index (χ1v) is 10.7. The van der Waals surface area contributed by atoms with Crippen LogP contribution in [-0.2, 0) is 11.3 Å². The highest BCUT2D eigenvalue weighted by molar-refractivity contribution is 7.13. The maximum atomic E-state index is 12.7. The Labute approximate surface area is 176 Å². The normalized spacial score (nSPS) is 15.2. The van der Waals surface area contributed by atoms with Crippen LogP contribution in [0.2, 0.25) is 0 Å². The molecule has 1 fully saturated rings. The van der Waals surface area contributed by atoms with E-state index in [1.807, 2.05) is 56.0 Å². The second kappa shape index (κ2) is 9.37. The molecule has 1 aliphatic heterocycles. The molecule has 0 spiro atoms. The monoisotopic (exact) mass is 415 g/mol. The molecule has 0 unspecified atom stereocenters. The summed E-state index contributed by atoms with van der Waals surface area (Å²) in [6, 6.07) is 10.1. The quantitative estimate of drug-likeness (QED) is 0.758. The van der Waals surface area contributed by atoms with Crippen LogP contribution in [0, 0.1) is 0 Å². The lowest BCUT2D eigenvalue weighted by Crippen LogP contribution is -2.52. The molecule has 29 heavy (non-hydrogen) atoms. The summed E-state index contributed by atoms with van der Waals surface area (Å²) in [4.78, 5) is 33.2. The summed E-state index contributed by atoms with van der Waals surface area (Å²) >= 11 is 1.44. The molecular weight excluding hydrogens is 386 g/mol. The summed E-state index contributed by atoms with van der Waals surface area (Å²) in [5, 5.41) is 8.80. The number of carbonyl (C=O) groups excluding carboxylic acids is 2. The van der Waals surface area contributed by atoms with Gasteiger partial charge in [-0.3, -0.25) is 14.5 Å². The zero-order chi connectivity index (χ0) is 20.9. The molecule has 3 rings (SSSR count). The summed E-state index contributed by atoms with van der Waals surface area (Å²) in [6.07, 6.45) is 0. The van der Waals surface area contributed by atoms with E-state index in [4.69, 9.17) is 0 Å². The molecule has 0 radical (unpaired) electrons. The number of nitrogens with zero attached hydrogens (tertiary/aromatic N) is 3. The molecule has 1 aliphatic rings. The van der Waals surface area contributed by atoms with Gasteiger partial charge in [-0.1, -0.05) is 30.3 Å². The fraction of sp³-hybridized carbons (Fsp3) is 0.476. The molecule has 8 heteroatoms. The second-order valence-corrected chi connectivity index (χ2v) is 9.10. The topological polar surface area (TPSA) is 77.6 Å². The Morgan fingerprint density at radius 3 is 2.45 bits per heavy atom. The van der Waals surface area contributed by atoms with Gasteiger partial charge in [-0.15, -0.1) is 11.3 Å². The number of amides is 2. The SMILES string of the molecule is CC(C)(C)NC(=O)CN1CCN(C(=O)c2csc(NCc3ccccc3)n2)CC1. The van der Waals surface area contributed by atoms with Crippen molar-refractivity contribution in [1.29, 1.82) is 0 Å². The molecule has 7 nitrogen and oxygen atoms in total. The molecule has 2 N–H and O–H groups in total. The van der Waals surface area contributed by atoms with Crippen molar-refractivity contribution in [1.82, 2.24) is 20.1 Å². The van der Waals surface area contributed by atoms with Gasteiger partial charge in [0, 0.05) is 43.6 Å². The van der Waals surface area contributed by atoms with E-state index in [0.29, 0.717) is 45.0 Å². The Morgan fingerprint density at radius 1 is 1.10 bits per heavy atom. The molecule has 1 saturated heterocycles. The molecular formula is C21H29N5O2S. The number of nitrogens with one attached hydrogen (secondary N) is 2. The molecule has 2 aromatic rings. The van der Waals surface area contributed by atoms with Gasteiger partial charge in [0.1, 0.15) is 5.69 Å². The van der Waals surface area contributed by atoms with Crippen LogP contribution in [0.15, 0.2) is 35.7 Å². The summed E-state index contributed by atoms with van der Waals surface area (Å²) in [7, 11) is 0. The maximum Gasteiger partial charge on any atom is 0.273 e. The van der Waals surface area contributed by atoms with Gasteiger partial charge < -0.3 is 15.5 Å². The predicted octanol–water partition coefficient (Wildman–Crippen LogP) is 2.43. The van der Waals surface area contributed by atoms with Gasteiger partial charge in [0.25, 0.3) is 5.91 Å². The van der Waals surface area contributed by atoms with Crippen LogP contribution in [-0.4, -0.2) is 64.9 Å². The number of aromatic nitrogens is 1. The summed E-state index contributed by atoms with van der Waals surface area (Å²) < 4.78 is 0. The molecule has 2 amide bonds. The van der Waals surface area contributed by atoms with Gasteiger partial charge in [-0.05, 0) is 26.3 Å². The van der Waals surface area contributed by atoms with Crippen molar-refractivity contribution < 1.29 is 9.59 Å². The van der Waals surface area contributed by atoms with E-state index in [1.165, 1.54) is 16.9 Å². The summed E-state index contributed by atoms with van der Waals surface area (Å²) in [5.74, 6) is -0.0290. The molecule has 1 aromatic heterocycles. The number of anilines is 1. The lowest BCUT2D eigenvalue weighted by atomic mass is 10.1. The van der Waals surface area contributed by atoms with Crippen molar-refractivity contribution in [2.24, 2.45) is 0 Å². The fourth-order valence-corrected chi connectivity index (χ4v) is 3.84. The van der Waals surface area contributed by atoms with E-state index in [9.17, 15) is 9.59 Å². The van der Waals surface area contributed by atoms with Gasteiger partial charge in [0.2, 0.25) is 5.91 Å². The Morgan fingerprint density at radius 2 is 1.79 bits per heavy atom. The minimum Gasteiger partial charge on any atom is -0.357 e. The van der Waals surface area contributed by atoms with Crippen molar-refractivity contribution in [3.8, 4) is 0 Å². The second-order valence-electron chi connectivity index (χ2n) is 8.24. The highest BCUT2D eigenvalue weighted by Gasteiger charge is 2.25. The smallest absolute Gasteiger partial charge is 0.273 e. The summed E-state index contributed by atoms with van der Waals surface area (Å²) in [6.45, 7) is 9.53. The lowest BCUT2D eigenvalue weighted by molar-refractivity contribution is -0.124. The molecule has 0 saturated carbocycles. The lowest BCUT2D eigenvalue weighted by Gasteiger charge is -2.34. The van der Waals surface area contributed by atoms with Crippen LogP contribution in [0.4, 0.5) is 5.13 Å². The first-order chi connectivity index (χ1) is 13.8. The average Bonchev–Trinajstić information content (AvgIpc) is 3.15. The molecule has 0 atom stereocenters. The Kier molecular flexibility index (Phi) is 6.87. The van der Waals surface area contributed by atoms with Gasteiger partial charge in [-0.25, -0.2) is 4.98 Å². The maximum absolute atomic E-state index is 12.7. The highest BCUT2D eigenvalue weighted by atomic mass is 32.1. The van der Waals surface area contributed by atoms with E-state index >= 15 is 0 Å². The van der Waals surface area contributed by atoms with Gasteiger partial charge in [-0.2, -0.15) is 0 Å². The van der Waals surface area contributed by atoms with E-state index in [0.717, 1.165) is 5.13 Å². The van der Waals surface area contributed by atoms with Gasteiger partial charge in [0.15, 0.2) is 5.13 Å². The van der Waals surface area contributed by atoms with Gasteiger partial charge >= 0.3 is 0 Å². The summed E-state index contributed by atoms with van der Waals surface area (Å²) in [5.41, 5.74) is 1.41. The minimum absolute atomic E-state index is 0.0194.